The van der Waals surface area contributed by atoms with Crippen LogP contribution in [0.3, 0.4) is 0 Å². The average molecular weight is 246 g/mol. The van der Waals surface area contributed by atoms with Crippen molar-refractivity contribution in [1.29, 1.82) is 0 Å². The van der Waals surface area contributed by atoms with E-state index < -0.39 is 5.92 Å². The molecule has 0 radical (unpaired) electrons. The lowest BCUT2D eigenvalue weighted by Crippen LogP contribution is -2.32. The van der Waals surface area contributed by atoms with Gasteiger partial charge in [0.2, 0.25) is 5.92 Å². The molecule has 0 aromatic carbocycles. The summed E-state index contributed by atoms with van der Waals surface area (Å²) in [5.41, 5.74) is 0. The van der Waals surface area contributed by atoms with E-state index in [9.17, 15) is 8.78 Å². The Kier molecular flexibility index (Phi) is 4.74. The maximum Gasteiger partial charge on any atom is 0.248 e. The summed E-state index contributed by atoms with van der Waals surface area (Å²) in [4.78, 5) is 0. The summed E-state index contributed by atoms with van der Waals surface area (Å²) in [7, 11) is 0. The molecule has 2 rings (SSSR count). The zero-order valence-electron chi connectivity index (χ0n) is 10.5. The minimum Gasteiger partial charge on any atom is -0.316 e. The van der Waals surface area contributed by atoms with E-state index in [0.29, 0.717) is 18.8 Å². The van der Waals surface area contributed by atoms with Gasteiger partial charge in [0, 0.05) is 18.9 Å². The second-order valence-corrected chi connectivity index (χ2v) is 5.59. The summed E-state index contributed by atoms with van der Waals surface area (Å²) in [5, 5.41) is 6.86. The van der Waals surface area contributed by atoms with Crippen molar-refractivity contribution in [2.45, 2.75) is 56.9 Å². The predicted molar refractivity (Wildman–Crippen MR) is 65.4 cm³/mol. The monoisotopic (exact) mass is 246 g/mol. The molecule has 2 aliphatic rings. The SMILES string of the molecule is FC1(F)CCC(CNCCCNC2CC2)CC1. The summed E-state index contributed by atoms with van der Waals surface area (Å²) >= 11 is 0. The first kappa shape index (κ1) is 13.2. The van der Waals surface area contributed by atoms with Crippen molar-refractivity contribution in [3.05, 3.63) is 0 Å². The van der Waals surface area contributed by atoms with E-state index in [-0.39, 0.29) is 12.8 Å². The molecule has 2 aliphatic carbocycles. The van der Waals surface area contributed by atoms with E-state index in [1.807, 2.05) is 0 Å². The van der Waals surface area contributed by atoms with Crippen LogP contribution in [0.1, 0.15) is 44.9 Å². The molecule has 0 aromatic heterocycles. The molecular weight excluding hydrogens is 222 g/mol. The Morgan fingerprint density at radius 1 is 1.00 bits per heavy atom. The van der Waals surface area contributed by atoms with E-state index in [4.69, 9.17) is 0 Å². The maximum atomic E-state index is 12.9. The van der Waals surface area contributed by atoms with Gasteiger partial charge in [0.15, 0.2) is 0 Å². The topological polar surface area (TPSA) is 24.1 Å². The smallest absolute Gasteiger partial charge is 0.248 e. The van der Waals surface area contributed by atoms with Crippen LogP contribution in [0.15, 0.2) is 0 Å². The number of hydrogen-bond donors (Lipinski definition) is 2. The summed E-state index contributed by atoms with van der Waals surface area (Å²) in [5.74, 6) is -1.92. The van der Waals surface area contributed by atoms with Crippen LogP contribution in [0.25, 0.3) is 0 Å². The number of alkyl halides is 2. The molecule has 17 heavy (non-hydrogen) atoms. The highest BCUT2D eigenvalue weighted by molar-refractivity contribution is 4.81. The largest absolute Gasteiger partial charge is 0.316 e. The molecule has 2 fully saturated rings. The van der Waals surface area contributed by atoms with Gasteiger partial charge in [0.05, 0.1) is 0 Å². The minimum atomic E-state index is -2.38. The van der Waals surface area contributed by atoms with Crippen molar-refractivity contribution < 1.29 is 8.78 Å². The van der Waals surface area contributed by atoms with Gasteiger partial charge < -0.3 is 10.6 Å². The van der Waals surface area contributed by atoms with Crippen molar-refractivity contribution >= 4 is 0 Å². The van der Waals surface area contributed by atoms with Crippen LogP contribution in [-0.4, -0.2) is 31.6 Å². The molecular formula is C13H24F2N2. The summed E-state index contributed by atoms with van der Waals surface area (Å²) in [6.07, 6.45) is 5.35. The molecule has 0 heterocycles. The minimum absolute atomic E-state index is 0.0859. The fourth-order valence-electron chi connectivity index (χ4n) is 2.42. The van der Waals surface area contributed by atoms with E-state index in [0.717, 1.165) is 32.1 Å². The first-order chi connectivity index (χ1) is 8.16. The number of nitrogens with one attached hydrogen (secondary N) is 2. The van der Waals surface area contributed by atoms with E-state index in [2.05, 4.69) is 10.6 Å². The zero-order chi connectivity index (χ0) is 12.1. The lowest BCUT2D eigenvalue weighted by molar-refractivity contribution is -0.0454. The van der Waals surface area contributed by atoms with Crippen LogP contribution in [0.2, 0.25) is 0 Å². The number of hydrogen-bond acceptors (Lipinski definition) is 2. The predicted octanol–water partition coefficient (Wildman–Crippen LogP) is 2.54. The molecule has 2 saturated carbocycles. The summed E-state index contributed by atoms with van der Waals surface area (Å²) in [6, 6.07) is 0.788. The van der Waals surface area contributed by atoms with Gasteiger partial charge in [-0.25, -0.2) is 8.78 Å². The third-order valence-electron chi connectivity index (χ3n) is 3.81. The van der Waals surface area contributed by atoms with Gasteiger partial charge in [0.25, 0.3) is 0 Å². The van der Waals surface area contributed by atoms with Crippen molar-refractivity contribution in [1.82, 2.24) is 10.6 Å². The van der Waals surface area contributed by atoms with Crippen LogP contribution in [-0.2, 0) is 0 Å². The maximum absolute atomic E-state index is 12.9. The van der Waals surface area contributed by atoms with Crippen LogP contribution in [0.4, 0.5) is 8.78 Å². The molecule has 100 valence electrons. The third kappa shape index (κ3) is 5.30. The summed E-state index contributed by atoms with van der Waals surface area (Å²) in [6.45, 7) is 3.01. The Labute approximate surface area is 103 Å². The van der Waals surface area contributed by atoms with Crippen LogP contribution in [0, 0.1) is 5.92 Å². The van der Waals surface area contributed by atoms with Gasteiger partial charge in [0.1, 0.15) is 0 Å². The molecule has 0 spiro atoms. The molecule has 4 heteroatoms. The Balaban J connectivity index is 1.42. The van der Waals surface area contributed by atoms with E-state index >= 15 is 0 Å². The second kappa shape index (κ2) is 6.10. The van der Waals surface area contributed by atoms with E-state index in [1.165, 1.54) is 12.8 Å². The third-order valence-corrected chi connectivity index (χ3v) is 3.81. The van der Waals surface area contributed by atoms with Crippen molar-refractivity contribution in [2.24, 2.45) is 5.92 Å². The van der Waals surface area contributed by atoms with Gasteiger partial charge in [-0.3, -0.25) is 0 Å². The van der Waals surface area contributed by atoms with Crippen molar-refractivity contribution in [3.8, 4) is 0 Å². The van der Waals surface area contributed by atoms with Crippen molar-refractivity contribution in [2.75, 3.05) is 19.6 Å². The summed E-state index contributed by atoms with van der Waals surface area (Å²) < 4.78 is 25.8. The molecule has 0 amide bonds. The molecule has 0 unspecified atom stereocenters. The Morgan fingerprint density at radius 3 is 2.35 bits per heavy atom. The second-order valence-electron chi connectivity index (χ2n) is 5.59. The highest BCUT2D eigenvalue weighted by atomic mass is 19.3. The Morgan fingerprint density at radius 2 is 1.71 bits per heavy atom. The highest BCUT2D eigenvalue weighted by Crippen LogP contribution is 2.35. The number of rotatable bonds is 7. The lowest BCUT2D eigenvalue weighted by atomic mass is 9.87. The quantitative estimate of drug-likeness (QED) is 0.675. The zero-order valence-corrected chi connectivity index (χ0v) is 10.5. The lowest BCUT2D eigenvalue weighted by Gasteiger charge is -2.28. The average Bonchev–Trinajstić information content (AvgIpc) is 3.09. The van der Waals surface area contributed by atoms with Gasteiger partial charge in [-0.05, 0) is 57.7 Å². The standard InChI is InChI=1S/C13H24F2N2/c14-13(15)6-4-11(5-7-13)10-16-8-1-9-17-12-2-3-12/h11-12,16-17H,1-10H2. The molecule has 2 nitrogen and oxygen atoms in total. The molecule has 0 atom stereocenters. The van der Waals surface area contributed by atoms with Gasteiger partial charge in [-0.15, -0.1) is 0 Å². The molecule has 0 saturated heterocycles. The van der Waals surface area contributed by atoms with Gasteiger partial charge in [-0.2, -0.15) is 0 Å². The molecule has 0 bridgehead atoms. The first-order valence-electron chi connectivity index (χ1n) is 6.98. The van der Waals surface area contributed by atoms with Crippen molar-refractivity contribution in [3.63, 3.8) is 0 Å². The highest BCUT2D eigenvalue weighted by Gasteiger charge is 2.34. The van der Waals surface area contributed by atoms with Gasteiger partial charge in [-0.1, -0.05) is 0 Å². The van der Waals surface area contributed by atoms with Crippen LogP contribution in [0.5, 0.6) is 0 Å². The Hall–Kier alpha value is -0.220. The first-order valence-corrected chi connectivity index (χ1v) is 6.98. The molecule has 0 aromatic rings. The van der Waals surface area contributed by atoms with Crippen LogP contribution < -0.4 is 10.6 Å². The Bertz CT molecular complexity index is 219. The number of halogens is 2. The van der Waals surface area contributed by atoms with Gasteiger partial charge >= 0.3 is 0 Å². The van der Waals surface area contributed by atoms with E-state index in [1.54, 1.807) is 0 Å². The fourth-order valence-corrected chi connectivity index (χ4v) is 2.42. The molecule has 2 N–H and O–H groups in total. The fraction of sp³-hybridized carbons (Fsp3) is 1.00. The normalized spacial score (nSPS) is 25.1. The van der Waals surface area contributed by atoms with Crippen LogP contribution >= 0.6 is 0 Å². The molecule has 0 aliphatic heterocycles.